The van der Waals surface area contributed by atoms with Crippen LogP contribution in [0.5, 0.6) is 0 Å². The average molecular weight is 341 g/mol. The molecule has 0 aliphatic carbocycles. The van der Waals surface area contributed by atoms with E-state index in [0.717, 1.165) is 0 Å². The summed E-state index contributed by atoms with van der Waals surface area (Å²) in [5.41, 5.74) is 6.44. The maximum absolute atomic E-state index is 9.95. The number of hydrogen-bond acceptors (Lipinski definition) is 8. The fourth-order valence-corrected chi connectivity index (χ4v) is 2.17. The van der Waals surface area contributed by atoms with Gasteiger partial charge in [0.25, 0.3) is 0 Å². The van der Waals surface area contributed by atoms with Gasteiger partial charge in [0.05, 0.1) is 12.9 Å². The van der Waals surface area contributed by atoms with E-state index in [2.05, 4.69) is 15.0 Å². The summed E-state index contributed by atoms with van der Waals surface area (Å²) in [6, 6.07) is 0. The number of anilines is 1. The summed E-state index contributed by atoms with van der Waals surface area (Å²) < 4.78 is 6.85. The molecule has 2 radical (unpaired) electrons. The second-order valence-electron chi connectivity index (χ2n) is 4.31. The second-order valence-corrected chi connectivity index (χ2v) is 4.31. The summed E-state index contributed by atoms with van der Waals surface area (Å²) in [5.74, 6) is 0.218. The Kier molecular flexibility index (Phi) is 6.70. The van der Waals surface area contributed by atoms with Crippen LogP contribution < -0.4 is 5.73 Å². The van der Waals surface area contributed by atoms with Gasteiger partial charge in [0.2, 0.25) is 0 Å². The zero-order chi connectivity index (χ0) is 13.6. The minimum absolute atomic E-state index is 0. The van der Waals surface area contributed by atoms with E-state index in [1.807, 2.05) is 0 Å². The molecule has 112 valence electrons. The standard InChI is InChI=1S/C10H13N5O4.Ca.H3P/c11-8-5-9(13-2-12-8)15(3-14-5)10-7(18)6(17)4(1-16)19-10;;/h2-4,6-7,10,16-18H,1H2,(H2,11,12,13);;1H3/t4-,6-,7-,10-;;/m1../s1. The molecular formula is C10H16CaN5O4P. The van der Waals surface area contributed by atoms with E-state index in [0.29, 0.717) is 11.2 Å². The number of aromatic nitrogens is 4. The van der Waals surface area contributed by atoms with Gasteiger partial charge in [0, 0.05) is 37.7 Å². The summed E-state index contributed by atoms with van der Waals surface area (Å²) in [6.07, 6.45) is -1.42. The predicted molar refractivity (Wildman–Crippen MR) is 79.6 cm³/mol. The van der Waals surface area contributed by atoms with Crippen molar-refractivity contribution in [3.05, 3.63) is 12.7 Å². The molecule has 3 heterocycles. The van der Waals surface area contributed by atoms with Gasteiger partial charge >= 0.3 is 0 Å². The molecule has 2 aromatic heterocycles. The van der Waals surface area contributed by atoms with E-state index in [9.17, 15) is 10.2 Å². The van der Waals surface area contributed by atoms with E-state index in [4.69, 9.17) is 15.6 Å². The number of rotatable bonds is 2. The van der Waals surface area contributed by atoms with Crippen molar-refractivity contribution in [3.8, 4) is 0 Å². The second kappa shape index (κ2) is 7.43. The molecular weight excluding hydrogens is 325 g/mol. The fraction of sp³-hybridized carbons (Fsp3) is 0.500. The first kappa shape index (κ1) is 18.9. The van der Waals surface area contributed by atoms with Crippen LogP contribution >= 0.6 is 9.90 Å². The zero-order valence-electron chi connectivity index (χ0n) is 11.2. The molecule has 0 amide bonds. The van der Waals surface area contributed by atoms with E-state index >= 15 is 0 Å². The molecule has 1 saturated heterocycles. The normalized spacial score (nSPS) is 28.1. The number of fused-ring (bicyclic) bond motifs is 1. The number of nitrogen functional groups attached to an aromatic ring is 1. The first-order valence-corrected chi connectivity index (χ1v) is 5.69. The molecule has 0 bridgehead atoms. The largest absolute Gasteiger partial charge is 0.394 e. The Hall–Kier alpha value is -0.120. The van der Waals surface area contributed by atoms with E-state index in [-0.39, 0.29) is 53.5 Å². The number of nitrogens with zero attached hydrogens (tertiary/aromatic N) is 4. The quantitative estimate of drug-likeness (QED) is 0.353. The summed E-state index contributed by atoms with van der Waals surface area (Å²) in [7, 11) is 0. The Morgan fingerprint density at radius 2 is 1.95 bits per heavy atom. The van der Waals surface area contributed by atoms with Gasteiger partial charge in [0.1, 0.15) is 30.2 Å². The SMILES string of the molecule is Nc1ncnc2c1ncn2[C@@H]1O[C@H](CO)[C@@H](O)[C@H]1O.P.[Ca]. The topological polar surface area (TPSA) is 140 Å². The van der Waals surface area contributed by atoms with E-state index < -0.39 is 31.1 Å². The first-order chi connectivity index (χ1) is 9.13. The Bertz CT molecular complexity index is 614. The smallest absolute Gasteiger partial charge is 0.167 e. The number of nitrogens with two attached hydrogens (primary N) is 1. The predicted octanol–water partition coefficient (Wildman–Crippen LogP) is -2.30. The van der Waals surface area contributed by atoms with Gasteiger partial charge in [-0.15, -0.1) is 0 Å². The molecule has 1 aliphatic rings. The van der Waals surface area contributed by atoms with Crippen molar-refractivity contribution in [1.29, 1.82) is 0 Å². The molecule has 0 aromatic carbocycles. The molecule has 9 nitrogen and oxygen atoms in total. The molecule has 1 aliphatic heterocycles. The summed E-state index contributed by atoms with van der Waals surface area (Å²) in [6.45, 7) is -0.390. The zero-order valence-corrected chi connectivity index (χ0v) is 14.8. The third kappa shape index (κ3) is 3.16. The fourth-order valence-electron chi connectivity index (χ4n) is 2.17. The van der Waals surface area contributed by atoms with Crippen molar-refractivity contribution >= 4 is 64.6 Å². The molecule has 5 atom stereocenters. The molecule has 1 fully saturated rings. The van der Waals surface area contributed by atoms with Crippen LogP contribution in [-0.2, 0) is 4.74 Å². The van der Waals surface area contributed by atoms with Crippen molar-refractivity contribution < 1.29 is 20.1 Å². The number of aliphatic hydroxyl groups excluding tert-OH is 3. The molecule has 21 heavy (non-hydrogen) atoms. The average Bonchev–Trinajstić information content (AvgIpc) is 2.94. The van der Waals surface area contributed by atoms with Crippen LogP contribution in [-0.4, -0.2) is 97.5 Å². The molecule has 0 spiro atoms. The Labute approximate surface area is 153 Å². The van der Waals surface area contributed by atoms with Crippen molar-refractivity contribution in [2.75, 3.05) is 12.3 Å². The van der Waals surface area contributed by atoms with Crippen LogP contribution in [0.25, 0.3) is 11.2 Å². The van der Waals surface area contributed by atoms with E-state index in [1.165, 1.54) is 17.2 Å². The van der Waals surface area contributed by atoms with Crippen LogP contribution in [0, 0.1) is 0 Å². The first-order valence-electron chi connectivity index (χ1n) is 5.69. The molecule has 5 N–H and O–H groups in total. The van der Waals surface area contributed by atoms with Crippen molar-refractivity contribution in [2.45, 2.75) is 24.5 Å². The minimum atomic E-state index is -1.19. The number of aliphatic hydroxyl groups is 3. The Balaban J connectivity index is 0.00000110. The number of hydrogen-bond donors (Lipinski definition) is 4. The van der Waals surface area contributed by atoms with Crippen LogP contribution in [0.3, 0.4) is 0 Å². The molecule has 11 heteroatoms. The minimum Gasteiger partial charge on any atom is -0.394 e. The number of imidazole rings is 1. The van der Waals surface area contributed by atoms with Gasteiger partial charge < -0.3 is 25.8 Å². The van der Waals surface area contributed by atoms with Crippen molar-refractivity contribution in [1.82, 2.24) is 19.5 Å². The van der Waals surface area contributed by atoms with Crippen LogP contribution in [0.15, 0.2) is 12.7 Å². The van der Waals surface area contributed by atoms with Gasteiger partial charge in [-0.25, -0.2) is 15.0 Å². The van der Waals surface area contributed by atoms with Crippen molar-refractivity contribution in [3.63, 3.8) is 0 Å². The maximum Gasteiger partial charge on any atom is 0.167 e. The van der Waals surface area contributed by atoms with Gasteiger partial charge in [-0.05, 0) is 0 Å². The maximum atomic E-state index is 9.95. The third-order valence-electron chi connectivity index (χ3n) is 3.18. The van der Waals surface area contributed by atoms with Crippen LogP contribution in [0.2, 0.25) is 0 Å². The van der Waals surface area contributed by atoms with Crippen molar-refractivity contribution in [2.24, 2.45) is 0 Å². The molecule has 2 aromatic rings. The van der Waals surface area contributed by atoms with Gasteiger partial charge in [0.15, 0.2) is 17.7 Å². The third-order valence-corrected chi connectivity index (χ3v) is 3.18. The van der Waals surface area contributed by atoms with Crippen LogP contribution in [0.1, 0.15) is 6.23 Å². The summed E-state index contributed by atoms with van der Waals surface area (Å²) in [4.78, 5) is 11.9. The molecule has 3 rings (SSSR count). The Morgan fingerprint density at radius 3 is 2.57 bits per heavy atom. The molecule has 0 saturated carbocycles. The van der Waals surface area contributed by atoms with Gasteiger partial charge in [-0.3, -0.25) is 4.57 Å². The summed E-state index contributed by atoms with van der Waals surface area (Å²) >= 11 is 0. The monoisotopic (exact) mass is 341 g/mol. The van der Waals surface area contributed by atoms with Gasteiger partial charge in [-0.2, -0.15) is 9.90 Å². The van der Waals surface area contributed by atoms with Gasteiger partial charge in [-0.1, -0.05) is 0 Å². The summed E-state index contributed by atoms with van der Waals surface area (Å²) in [5, 5.41) is 28.7. The van der Waals surface area contributed by atoms with Crippen LogP contribution in [0.4, 0.5) is 5.82 Å². The molecule has 1 unspecified atom stereocenters. The Morgan fingerprint density at radius 1 is 1.24 bits per heavy atom. The number of ether oxygens (including phenoxy) is 1. The van der Waals surface area contributed by atoms with E-state index in [1.54, 1.807) is 0 Å².